The van der Waals surface area contributed by atoms with Crippen LogP contribution in [0.1, 0.15) is 32.0 Å². The van der Waals surface area contributed by atoms with Crippen molar-refractivity contribution < 1.29 is 0 Å². The van der Waals surface area contributed by atoms with Crippen LogP contribution in [0.25, 0.3) is 0 Å². The highest BCUT2D eigenvalue weighted by atomic mass is 127. The molecule has 0 amide bonds. The Morgan fingerprint density at radius 3 is 2.95 bits per heavy atom. The van der Waals surface area contributed by atoms with Crippen LogP contribution >= 0.6 is 35.7 Å². The van der Waals surface area contributed by atoms with Crippen LogP contribution in [0.4, 0.5) is 0 Å². The summed E-state index contributed by atoms with van der Waals surface area (Å²) in [6, 6.07) is 0.551. The number of thioether (sulfide) groups is 1. The van der Waals surface area contributed by atoms with Crippen LogP contribution in [-0.4, -0.2) is 51.9 Å². The SMILES string of the molecule is CCc1nncn1CCNC(=NC)NC1CCC(SC)C1.I. The van der Waals surface area contributed by atoms with Gasteiger partial charge in [0.25, 0.3) is 0 Å². The van der Waals surface area contributed by atoms with Crippen molar-refractivity contribution in [3.8, 4) is 0 Å². The average molecular weight is 438 g/mol. The van der Waals surface area contributed by atoms with Crippen molar-refractivity contribution in [2.75, 3.05) is 19.8 Å². The van der Waals surface area contributed by atoms with Gasteiger partial charge in [-0.15, -0.1) is 34.2 Å². The normalized spacial score (nSPS) is 21.5. The first-order valence-electron chi connectivity index (χ1n) is 7.63. The van der Waals surface area contributed by atoms with Crippen LogP contribution in [-0.2, 0) is 13.0 Å². The molecule has 0 bridgehead atoms. The molecule has 2 N–H and O–H groups in total. The minimum absolute atomic E-state index is 0. The molecule has 2 unspecified atom stereocenters. The lowest BCUT2D eigenvalue weighted by Gasteiger charge is -2.17. The molecular weight excluding hydrogens is 411 g/mol. The van der Waals surface area contributed by atoms with Crippen LogP contribution in [0.5, 0.6) is 0 Å². The fourth-order valence-electron chi connectivity index (χ4n) is 2.71. The average Bonchev–Trinajstić information content (AvgIpc) is 3.14. The van der Waals surface area contributed by atoms with Gasteiger partial charge in [0.15, 0.2) is 5.96 Å². The molecule has 8 heteroatoms. The standard InChI is InChI=1S/C14H26N6S.HI/c1-4-13-19-17-10-20(13)8-7-16-14(15-2)18-11-5-6-12(9-11)21-3;/h10-12H,4-9H2,1-3H3,(H2,15,16,18);1H. The maximum absolute atomic E-state index is 4.31. The minimum atomic E-state index is 0. The van der Waals surface area contributed by atoms with E-state index in [0.717, 1.165) is 36.5 Å². The molecule has 1 heterocycles. The molecule has 1 aliphatic rings. The van der Waals surface area contributed by atoms with Gasteiger partial charge in [-0.1, -0.05) is 6.92 Å². The second kappa shape index (κ2) is 10.3. The van der Waals surface area contributed by atoms with Crippen LogP contribution in [0.2, 0.25) is 0 Å². The molecule has 1 fully saturated rings. The van der Waals surface area contributed by atoms with Gasteiger partial charge in [0, 0.05) is 37.8 Å². The fourth-order valence-corrected chi connectivity index (χ4v) is 3.50. The zero-order valence-electron chi connectivity index (χ0n) is 13.6. The minimum Gasteiger partial charge on any atom is -0.355 e. The van der Waals surface area contributed by atoms with Crippen molar-refractivity contribution in [3.63, 3.8) is 0 Å². The van der Waals surface area contributed by atoms with E-state index in [1.807, 2.05) is 18.8 Å². The Morgan fingerprint density at radius 1 is 1.50 bits per heavy atom. The summed E-state index contributed by atoms with van der Waals surface area (Å²) in [6.07, 6.45) is 8.66. The number of guanidine groups is 1. The highest BCUT2D eigenvalue weighted by molar-refractivity contribution is 14.0. The summed E-state index contributed by atoms with van der Waals surface area (Å²) in [6.45, 7) is 3.77. The Kier molecular flexibility index (Phi) is 9.15. The fraction of sp³-hybridized carbons (Fsp3) is 0.786. The Morgan fingerprint density at radius 2 is 2.32 bits per heavy atom. The van der Waals surface area contributed by atoms with Gasteiger partial charge in [0.1, 0.15) is 12.2 Å². The van der Waals surface area contributed by atoms with Crippen molar-refractivity contribution in [3.05, 3.63) is 12.2 Å². The lowest BCUT2D eigenvalue weighted by molar-refractivity contribution is 0.595. The molecule has 6 nitrogen and oxygen atoms in total. The van der Waals surface area contributed by atoms with Crippen LogP contribution < -0.4 is 10.6 Å². The topological polar surface area (TPSA) is 67.1 Å². The molecule has 1 aromatic heterocycles. The number of aryl methyl sites for hydroxylation is 1. The number of aliphatic imine (C=N–C) groups is 1. The van der Waals surface area contributed by atoms with E-state index in [4.69, 9.17) is 0 Å². The van der Waals surface area contributed by atoms with E-state index in [-0.39, 0.29) is 24.0 Å². The molecule has 0 saturated heterocycles. The number of hydrogen-bond acceptors (Lipinski definition) is 4. The van der Waals surface area contributed by atoms with Crippen molar-refractivity contribution >= 4 is 41.7 Å². The molecular formula is C14H27IN6S. The first-order chi connectivity index (χ1) is 10.3. The van der Waals surface area contributed by atoms with E-state index < -0.39 is 0 Å². The number of nitrogens with zero attached hydrogens (tertiary/aromatic N) is 4. The molecule has 0 aromatic carbocycles. The molecule has 1 aromatic rings. The second-order valence-corrected chi connectivity index (χ2v) is 6.44. The van der Waals surface area contributed by atoms with Gasteiger partial charge in [-0.05, 0) is 25.5 Å². The summed E-state index contributed by atoms with van der Waals surface area (Å²) in [5.41, 5.74) is 0. The summed E-state index contributed by atoms with van der Waals surface area (Å²) < 4.78 is 2.08. The molecule has 1 saturated carbocycles. The monoisotopic (exact) mass is 438 g/mol. The smallest absolute Gasteiger partial charge is 0.191 e. The Balaban J connectivity index is 0.00000242. The number of hydrogen-bond donors (Lipinski definition) is 2. The van der Waals surface area contributed by atoms with Crippen LogP contribution in [0.3, 0.4) is 0 Å². The summed E-state index contributed by atoms with van der Waals surface area (Å²) in [5.74, 6) is 1.92. The highest BCUT2D eigenvalue weighted by Gasteiger charge is 2.24. The molecule has 2 rings (SSSR count). The predicted octanol–water partition coefficient (Wildman–Crippen LogP) is 1.91. The van der Waals surface area contributed by atoms with E-state index in [1.54, 1.807) is 6.33 Å². The van der Waals surface area contributed by atoms with Crippen molar-refractivity contribution in [2.45, 2.75) is 50.4 Å². The lowest BCUT2D eigenvalue weighted by Crippen LogP contribution is -2.43. The van der Waals surface area contributed by atoms with Gasteiger partial charge in [-0.2, -0.15) is 11.8 Å². The predicted molar refractivity (Wildman–Crippen MR) is 104 cm³/mol. The number of nitrogens with one attached hydrogen (secondary N) is 2. The molecule has 2 atom stereocenters. The third-order valence-electron chi connectivity index (χ3n) is 3.94. The van der Waals surface area contributed by atoms with Gasteiger partial charge in [-0.3, -0.25) is 4.99 Å². The number of halogens is 1. The molecule has 0 aliphatic heterocycles. The molecule has 1 aliphatic carbocycles. The third-order valence-corrected chi connectivity index (χ3v) is 5.03. The second-order valence-electron chi connectivity index (χ2n) is 5.31. The zero-order valence-corrected chi connectivity index (χ0v) is 16.7. The zero-order chi connectivity index (χ0) is 15.1. The molecule has 0 radical (unpaired) electrons. The third kappa shape index (κ3) is 5.60. The lowest BCUT2D eigenvalue weighted by atomic mass is 10.2. The van der Waals surface area contributed by atoms with E-state index in [1.165, 1.54) is 19.3 Å². The largest absolute Gasteiger partial charge is 0.355 e. The molecule has 0 spiro atoms. The quantitative estimate of drug-likeness (QED) is 0.404. The van der Waals surface area contributed by atoms with Crippen molar-refractivity contribution in [2.24, 2.45) is 4.99 Å². The molecule has 22 heavy (non-hydrogen) atoms. The summed E-state index contributed by atoms with van der Waals surface area (Å²) in [5, 5.41) is 15.7. The maximum atomic E-state index is 4.31. The Bertz CT molecular complexity index is 464. The van der Waals surface area contributed by atoms with E-state index in [2.05, 4.69) is 43.6 Å². The van der Waals surface area contributed by atoms with Crippen molar-refractivity contribution in [1.82, 2.24) is 25.4 Å². The van der Waals surface area contributed by atoms with Gasteiger partial charge in [-0.25, -0.2) is 0 Å². The van der Waals surface area contributed by atoms with Crippen molar-refractivity contribution in [1.29, 1.82) is 0 Å². The van der Waals surface area contributed by atoms with Crippen LogP contribution in [0, 0.1) is 0 Å². The van der Waals surface area contributed by atoms with E-state index in [0.29, 0.717) is 6.04 Å². The molecule has 126 valence electrons. The number of rotatable bonds is 6. The Labute approximate surface area is 154 Å². The first-order valence-corrected chi connectivity index (χ1v) is 8.92. The van der Waals surface area contributed by atoms with E-state index in [9.17, 15) is 0 Å². The Hall–Kier alpha value is -0.510. The number of aromatic nitrogens is 3. The summed E-state index contributed by atoms with van der Waals surface area (Å²) in [7, 11) is 1.83. The first kappa shape index (κ1) is 19.5. The van der Waals surface area contributed by atoms with Gasteiger partial charge < -0.3 is 15.2 Å². The summed E-state index contributed by atoms with van der Waals surface area (Å²) in [4.78, 5) is 4.31. The maximum Gasteiger partial charge on any atom is 0.191 e. The van der Waals surface area contributed by atoms with E-state index >= 15 is 0 Å². The summed E-state index contributed by atoms with van der Waals surface area (Å²) >= 11 is 1.97. The van der Waals surface area contributed by atoms with Gasteiger partial charge in [0.2, 0.25) is 0 Å². The highest BCUT2D eigenvalue weighted by Crippen LogP contribution is 2.27. The van der Waals surface area contributed by atoms with Gasteiger partial charge >= 0.3 is 0 Å². The van der Waals surface area contributed by atoms with Gasteiger partial charge in [0.05, 0.1) is 0 Å². The van der Waals surface area contributed by atoms with Crippen LogP contribution in [0.15, 0.2) is 11.3 Å².